The Morgan fingerprint density at radius 2 is 1.85 bits per heavy atom. The van der Waals surface area contributed by atoms with Gasteiger partial charge in [0.2, 0.25) is 5.91 Å². The maximum absolute atomic E-state index is 14.4. The summed E-state index contributed by atoms with van der Waals surface area (Å²) in [6, 6.07) is 2.82. The third kappa shape index (κ3) is 6.79. The highest BCUT2D eigenvalue weighted by molar-refractivity contribution is 6.01. The van der Waals surface area contributed by atoms with Crippen LogP contribution in [0.1, 0.15) is 49.7 Å². The molecule has 1 aromatic carbocycles. The van der Waals surface area contributed by atoms with E-state index in [0.717, 1.165) is 13.4 Å². The van der Waals surface area contributed by atoms with Gasteiger partial charge in [0.05, 0.1) is 30.3 Å². The molecule has 1 aromatic heterocycles. The Kier molecular flexibility index (Phi) is 9.86. The maximum Gasteiger partial charge on any atom is 0.245 e. The van der Waals surface area contributed by atoms with Gasteiger partial charge in [0.25, 0.3) is 0 Å². The Balaban J connectivity index is 0.000000411. The molecule has 10 heteroatoms. The number of hydrogen-bond donors (Lipinski definition) is 4. The van der Waals surface area contributed by atoms with E-state index in [4.69, 9.17) is 16.2 Å². The zero-order valence-electron chi connectivity index (χ0n) is 19.4. The molecule has 0 radical (unpaired) electrons. The second kappa shape index (κ2) is 12.6. The first-order valence-electron chi connectivity index (χ1n) is 10.9. The molecule has 2 aromatic rings. The summed E-state index contributed by atoms with van der Waals surface area (Å²) in [5.74, 6) is -0.133. The van der Waals surface area contributed by atoms with Crippen molar-refractivity contribution < 1.29 is 14.3 Å². The first-order valence-corrected chi connectivity index (χ1v) is 10.9. The van der Waals surface area contributed by atoms with Crippen molar-refractivity contribution >= 4 is 29.7 Å². The number of carbonyl (C=O) groups excluding carboxylic acids is 1. The topological polar surface area (TPSA) is 141 Å². The average molecular weight is 458 g/mol. The Bertz CT molecular complexity index is 995. The summed E-state index contributed by atoms with van der Waals surface area (Å²) in [6.45, 7) is 1.95. The van der Waals surface area contributed by atoms with Crippen LogP contribution in [-0.2, 0) is 4.79 Å². The number of aliphatic hydroxyl groups is 1. The lowest BCUT2D eigenvalue weighted by atomic mass is 10.0. The van der Waals surface area contributed by atoms with Crippen LogP contribution >= 0.6 is 0 Å². The van der Waals surface area contributed by atoms with E-state index in [1.54, 1.807) is 18.9 Å². The van der Waals surface area contributed by atoms with Gasteiger partial charge in [-0.25, -0.2) is 19.4 Å². The summed E-state index contributed by atoms with van der Waals surface area (Å²) in [5, 5.41) is 17.4. The van der Waals surface area contributed by atoms with Gasteiger partial charge in [0.15, 0.2) is 17.5 Å². The SMILES string of the molecule is C1CCCCC1.CO.Cc1cc(C(=N)N=CN)c(F)cc1-c1cnc2c(n1)N(C)CC(=O)N2. The number of likely N-dealkylation sites (N-methyl/N-ethyl adjacent to an activating group) is 1. The van der Waals surface area contributed by atoms with Gasteiger partial charge in [0, 0.05) is 19.7 Å². The molecule has 4 rings (SSSR count). The quantitative estimate of drug-likeness (QED) is 0.403. The molecule has 0 spiro atoms. The molecule has 1 aliphatic heterocycles. The number of carbonyl (C=O) groups is 1. The lowest BCUT2D eigenvalue weighted by molar-refractivity contribution is -0.115. The number of amidine groups is 1. The highest BCUT2D eigenvalue weighted by atomic mass is 19.1. The fraction of sp³-hybridized carbons (Fsp3) is 0.435. The van der Waals surface area contributed by atoms with Crippen LogP contribution in [-0.4, -0.2) is 53.9 Å². The summed E-state index contributed by atoms with van der Waals surface area (Å²) >= 11 is 0. The normalized spacial score (nSPS) is 14.9. The Morgan fingerprint density at radius 1 is 1.24 bits per heavy atom. The van der Waals surface area contributed by atoms with E-state index in [1.165, 1.54) is 56.9 Å². The molecule has 0 bridgehead atoms. The third-order valence-corrected chi connectivity index (χ3v) is 5.30. The summed E-state index contributed by atoms with van der Waals surface area (Å²) in [7, 11) is 2.73. The standard InChI is InChI=1S/C16H16FN7O.C6H12.CH4O/c1-8-3-10(14(19)21-7-18)11(17)4-9(8)12-5-20-15-16(22-12)24(2)6-13(25)23-15;1-2-4-6-5-3-1;1-2/h3-5,7H,6H2,1-2H3,(H3,18,19,21)(H,20,23,25);1-6H2;2H,1H3. The zero-order chi connectivity index (χ0) is 24.4. The van der Waals surface area contributed by atoms with E-state index >= 15 is 0 Å². The van der Waals surface area contributed by atoms with Crippen LogP contribution in [0.15, 0.2) is 23.3 Å². The molecule has 0 atom stereocenters. The number of nitrogens with zero attached hydrogens (tertiary/aromatic N) is 4. The number of benzene rings is 1. The molecule has 0 saturated heterocycles. The molecule has 178 valence electrons. The van der Waals surface area contributed by atoms with Crippen LogP contribution in [0, 0.1) is 18.2 Å². The molecule has 1 amide bonds. The van der Waals surface area contributed by atoms with Crippen molar-refractivity contribution in [1.29, 1.82) is 5.41 Å². The summed E-state index contributed by atoms with van der Waals surface area (Å²) < 4.78 is 14.4. The molecule has 2 aliphatic rings. The Hall–Kier alpha value is -3.40. The van der Waals surface area contributed by atoms with Crippen molar-refractivity contribution in [2.24, 2.45) is 10.7 Å². The van der Waals surface area contributed by atoms with Crippen molar-refractivity contribution in [1.82, 2.24) is 9.97 Å². The minimum absolute atomic E-state index is 0.0539. The number of nitrogens with two attached hydrogens (primary N) is 1. The molecular formula is C23H32FN7O2. The van der Waals surface area contributed by atoms with Crippen LogP contribution < -0.4 is 16.0 Å². The van der Waals surface area contributed by atoms with Crippen LogP contribution in [0.25, 0.3) is 11.3 Å². The van der Waals surface area contributed by atoms with Gasteiger partial charge < -0.3 is 21.1 Å². The van der Waals surface area contributed by atoms with E-state index in [1.807, 2.05) is 0 Å². The van der Waals surface area contributed by atoms with Gasteiger partial charge in [-0.05, 0) is 24.6 Å². The molecule has 5 N–H and O–H groups in total. The smallest absolute Gasteiger partial charge is 0.245 e. The van der Waals surface area contributed by atoms with E-state index in [9.17, 15) is 9.18 Å². The number of aliphatic hydroxyl groups excluding tert-OH is 1. The number of aliphatic imine (C=N–C) groups is 1. The summed E-state index contributed by atoms with van der Waals surface area (Å²) in [6.07, 6.45) is 11.4. The van der Waals surface area contributed by atoms with Gasteiger partial charge in [-0.2, -0.15) is 0 Å². The highest BCUT2D eigenvalue weighted by Crippen LogP contribution is 2.30. The highest BCUT2D eigenvalue weighted by Gasteiger charge is 2.23. The number of amides is 1. The average Bonchev–Trinajstić information content (AvgIpc) is 2.83. The number of hydrogen-bond acceptors (Lipinski definition) is 6. The largest absolute Gasteiger partial charge is 0.400 e. The molecule has 1 saturated carbocycles. The maximum atomic E-state index is 14.4. The lowest BCUT2D eigenvalue weighted by Gasteiger charge is -2.25. The van der Waals surface area contributed by atoms with Crippen molar-refractivity contribution in [3.8, 4) is 11.3 Å². The fourth-order valence-electron chi connectivity index (χ4n) is 3.67. The van der Waals surface area contributed by atoms with Crippen molar-refractivity contribution in [3.63, 3.8) is 0 Å². The van der Waals surface area contributed by atoms with Crippen LogP contribution in [0.3, 0.4) is 0 Å². The minimum atomic E-state index is -0.600. The number of rotatable bonds is 2. The molecular weight excluding hydrogens is 425 g/mol. The molecule has 0 unspecified atom stereocenters. The van der Waals surface area contributed by atoms with Crippen molar-refractivity contribution in [3.05, 3.63) is 35.3 Å². The van der Waals surface area contributed by atoms with Crippen LogP contribution in [0.4, 0.5) is 16.0 Å². The number of aryl methyl sites for hydroxylation is 1. The molecule has 1 fully saturated rings. The Morgan fingerprint density at radius 3 is 2.42 bits per heavy atom. The van der Waals surface area contributed by atoms with Gasteiger partial charge in [0.1, 0.15) is 5.82 Å². The van der Waals surface area contributed by atoms with Crippen molar-refractivity contribution in [2.45, 2.75) is 45.4 Å². The van der Waals surface area contributed by atoms with Gasteiger partial charge in [-0.1, -0.05) is 38.5 Å². The zero-order valence-corrected chi connectivity index (χ0v) is 19.4. The lowest BCUT2D eigenvalue weighted by Crippen LogP contribution is -2.36. The number of anilines is 2. The van der Waals surface area contributed by atoms with Crippen LogP contribution in [0.2, 0.25) is 0 Å². The first kappa shape index (κ1) is 25.9. The second-order valence-corrected chi connectivity index (χ2v) is 7.73. The second-order valence-electron chi connectivity index (χ2n) is 7.73. The monoisotopic (exact) mass is 457 g/mol. The van der Waals surface area contributed by atoms with E-state index < -0.39 is 5.82 Å². The number of halogens is 1. The Labute approximate surface area is 193 Å². The van der Waals surface area contributed by atoms with E-state index in [2.05, 4.69) is 20.3 Å². The fourth-order valence-corrected chi connectivity index (χ4v) is 3.67. The molecule has 9 nitrogen and oxygen atoms in total. The molecule has 2 heterocycles. The van der Waals surface area contributed by atoms with Gasteiger partial charge >= 0.3 is 0 Å². The number of aromatic nitrogens is 2. The predicted octanol–water partition coefficient (Wildman–Crippen LogP) is 3.24. The molecule has 33 heavy (non-hydrogen) atoms. The minimum Gasteiger partial charge on any atom is -0.400 e. The number of nitrogens with one attached hydrogen (secondary N) is 2. The summed E-state index contributed by atoms with van der Waals surface area (Å²) in [5.41, 5.74) is 6.94. The van der Waals surface area contributed by atoms with E-state index in [0.29, 0.717) is 28.5 Å². The van der Waals surface area contributed by atoms with Crippen LogP contribution in [0.5, 0.6) is 0 Å². The number of fused-ring (bicyclic) bond motifs is 1. The third-order valence-electron chi connectivity index (χ3n) is 5.30. The van der Waals surface area contributed by atoms with Gasteiger partial charge in [-0.15, -0.1) is 0 Å². The molecule has 1 aliphatic carbocycles. The van der Waals surface area contributed by atoms with Gasteiger partial charge in [-0.3, -0.25) is 10.2 Å². The van der Waals surface area contributed by atoms with E-state index in [-0.39, 0.29) is 23.9 Å². The van der Waals surface area contributed by atoms with Crippen molar-refractivity contribution in [2.75, 3.05) is 30.9 Å². The first-order chi connectivity index (χ1) is 15.9. The summed E-state index contributed by atoms with van der Waals surface area (Å²) in [4.78, 5) is 25.5. The predicted molar refractivity (Wildman–Crippen MR) is 129 cm³/mol.